The first-order valence-corrected chi connectivity index (χ1v) is 10.3. The third kappa shape index (κ3) is 5.31. The second-order valence-electron chi connectivity index (χ2n) is 8.46. The van der Waals surface area contributed by atoms with Crippen LogP contribution in [0.3, 0.4) is 0 Å². The number of hydrogen-bond acceptors (Lipinski definition) is 11. The van der Waals surface area contributed by atoms with Gasteiger partial charge in [-0.15, -0.1) is 0 Å². The van der Waals surface area contributed by atoms with Crippen LogP contribution in [0.2, 0.25) is 0 Å². The predicted molar refractivity (Wildman–Crippen MR) is 112 cm³/mol. The number of esters is 2. The molecule has 1 saturated heterocycles. The minimum atomic E-state index is -2.40. The molecule has 13 nitrogen and oxygen atoms in total. The largest absolute Gasteiger partial charge is 0.462 e. The fourth-order valence-corrected chi connectivity index (χ4v) is 3.10. The summed E-state index contributed by atoms with van der Waals surface area (Å²) >= 11 is 0. The van der Waals surface area contributed by atoms with Gasteiger partial charge in [-0.05, 0) is 11.8 Å². The van der Waals surface area contributed by atoms with E-state index in [-0.39, 0.29) is 11.8 Å². The quantitative estimate of drug-likeness (QED) is 0.304. The molecule has 1 aromatic rings. The molecule has 0 amide bonds. The SMILES string of the molecule is CC(C)[C@H](N)C(=O)OC[C@H]1O[C@@](C#N)(n2ccc(=O)[nH]c2=O)C(O)C1OC(=O)[C@@H](N)C(C)C. The number of rotatable bonds is 8. The molecule has 1 aromatic heterocycles. The normalized spacial score (nSPS) is 26.6. The van der Waals surface area contributed by atoms with E-state index in [1.54, 1.807) is 33.8 Å². The van der Waals surface area contributed by atoms with Gasteiger partial charge in [-0.1, -0.05) is 27.7 Å². The second kappa shape index (κ2) is 10.3. The van der Waals surface area contributed by atoms with E-state index in [1.165, 1.54) is 0 Å². The Kier molecular flexibility index (Phi) is 8.15. The third-order valence-corrected chi connectivity index (χ3v) is 5.37. The standard InChI is InChI=1S/C20H29N5O8/c1-9(2)13(22)17(28)31-7-11-15(32-18(29)14(23)10(3)4)16(27)20(8-21,33-11)25-6-5-12(26)24-19(25)30/h5-6,9-11,13-16,27H,7,22-23H2,1-4H3,(H,24,26,30)/t11-,13+,14+,15?,16?,20-/m1/s1. The van der Waals surface area contributed by atoms with E-state index in [0.717, 1.165) is 12.3 Å². The van der Waals surface area contributed by atoms with Crippen molar-refractivity contribution in [1.29, 1.82) is 5.26 Å². The number of carbonyl (C=O) groups excluding carboxylic acids is 2. The summed E-state index contributed by atoms with van der Waals surface area (Å²) in [5, 5.41) is 20.8. The van der Waals surface area contributed by atoms with E-state index in [0.29, 0.717) is 4.57 Å². The van der Waals surface area contributed by atoms with E-state index in [9.17, 15) is 29.5 Å². The molecule has 0 saturated carbocycles. The van der Waals surface area contributed by atoms with Crippen molar-refractivity contribution >= 4 is 11.9 Å². The van der Waals surface area contributed by atoms with E-state index < -0.39 is 65.9 Å². The summed E-state index contributed by atoms with van der Waals surface area (Å²) in [7, 11) is 0. The average Bonchev–Trinajstić information content (AvgIpc) is 3.02. The van der Waals surface area contributed by atoms with E-state index in [2.05, 4.69) is 0 Å². The first-order chi connectivity index (χ1) is 15.3. The van der Waals surface area contributed by atoms with Gasteiger partial charge in [-0.3, -0.25) is 23.9 Å². The number of carbonyl (C=O) groups is 2. The van der Waals surface area contributed by atoms with Gasteiger partial charge < -0.3 is 30.8 Å². The smallest absolute Gasteiger partial charge is 0.331 e. The molecule has 1 fully saturated rings. The van der Waals surface area contributed by atoms with Gasteiger partial charge in [0.05, 0.1) is 0 Å². The molecule has 0 bridgehead atoms. The first-order valence-electron chi connectivity index (χ1n) is 10.3. The fraction of sp³-hybridized carbons (Fsp3) is 0.650. The molecule has 1 aliphatic heterocycles. The number of aromatic nitrogens is 2. The Bertz CT molecular complexity index is 1030. The first kappa shape index (κ1) is 26.2. The van der Waals surface area contributed by atoms with Crippen LogP contribution in [0.1, 0.15) is 27.7 Å². The molecule has 2 rings (SSSR count). The summed E-state index contributed by atoms with van der Waals surface area (Å²) in [5.74, 6) is -2.21. The highest BCUT2D eigenvalue weighted by molar-refractivity contribution is 5.76. The monoisotopic (exact) mass is 467 g/mol. The summed E-state index contributed by atoms with van der Waals surface area (Å²) in [6.45, 7) is 6.23. The molecule has 0 spiro atoms. The van der Waals surface area contributed by atoms with Crippen LogP contribution in [0.5, 0.6) is 0 Å². The Balaban J connectivity index is 2.42. The summed E-state index contributed by atoms with van der Waals surface area (Å²) in [5.41, 5.74) is 7.40. The summed E-state index contributed by atoms with van der Waals surface area (Å²) in [6.07, 6.45) is -3.85. The number of nitriles is 1. The van der Waals surface area contributed by atoms with E-state index >= 15 is 0 Å². The number of aliphatic hydroxyl groups is 1. The Morgan fingerprint density at radius 1 is 1.24 bits per heavy atom. The molecular formula is C20H29N5O8. The molecule has 1 aliphatic rings. The Morgan fingerprint density at radius 3 is 2.33 bits per heavy atom. The Morgan fingerprint density at radius 2 is 1.82 bits per heavy atom. The highest BCUT2D eigenvalue weighted by atomic mass is 16.6. The highest BCUT2D eigenvalue weighted by Gasteiger charge is 2.59. The molecule has 0 aromatic carbocycles. The summed E-state index contributed by atoms with van der Waals surface area (Å²) < 4.78 is 16.8. The zero-order valence-electron chi connectivity index (χ0n) is 18.8. The number of hydrogen-bond donors (Lipinski definition) is 4. The van der Waals surface area contributed by atoms with Gasteiger partial charge in [0.25, 0.3) is 11.3 Å². The van der Waals surface area contributed by atoms with Crippen molar-refractivity contribution < 1.29 is 28.9 Å². The summed E-state index contributed by atoms with van der Waals surface area (Å²) in [4.78, 5) is 50.4. The van der Waals surface area contributed by atoms with Crippen LogP contribution in [0.15, 0.2) is 21.9 Å². The number of aromatic amines is 1. The van der Waals surface area contributed by atoms with Crippen LogP contribution in [0.4, 0.5) is 0 Å². The third-order valence-electron chi connectivity index (χ3n) is 5.37. The van der Waals surface area contributed by atoms with Crippen LogP contribution in [0.25, 0.3) is 0 Å². The molecule has 2 heterocycles. The van der Waals surface area contributed by atoms with Crippen molar-refractivity contribution in [2.24, 2.45) is 23.3 Å². The molecule has 0 aliphatic carbocycles. The minimum Gasteiger partial charge on any atom is -0.462 e. The molecule has 13 heteroatoms. The molecule has 182 valence electrons. The van der Waals surface area contributed by atoms with Gasteiger partial charge >= 0.3 is 17.6 Å². The van der Waals surface area contributed by atoms with E-state index in [1.807, 2.05) is 4.98 Å². The zero-order valence-corrected chi connectivity index (χ0v) is 18.8. The van der Waals surface area contributed by atoms with Crippen molar-refractivity contribution in [2.75, 3.05) is 6.61 Å². The number of nitrogens with one attached hydrogen (secondary N) is 1. The number of nitrogens with two attached hydrogens (primary N) is 2. The van der Waals surface area contributed by atoms with Crippen molar-refractivity contribution in [3.63, 3.8) is 0 Å². The number of ether oxygens (including phenoxy) is 3. The lowest BCUT2D eigenvalue weighted by Crippen LogP contribution is -2.52. The van der Waals surface area contributed by atoms with Crippen LogP contribution in [-0.2, 0) is 29.5 Å². The summed E-state index contributed by atoms with van der Waals surface area (Å²) in [6, 6.07) is 0.641. The lowest BCUT2D eigenvalue weighted by molar-refractivity contribution is -0.163. The predicted octanol–water partition coefficient (Wildman–Crippen LogP) is -2.11. The van der Waals surface area contributed by atoms with Crippen LogP contribution >= 0.6 is 0 Å². The van der Waals surface area contributed by atoms with Crippen molar-refractivity contribution in [3.05, 3.63) is 33.1 Å². The molecule has 0 radical (unpaired) electrons. The maximum absolute atomic E-state index is 12.5. The lowest BCUT2D eigenvalue weighted by atomic mass is 10.0. The number of aliphatic hydroxyl groups excluding tert-OH is 1. The molecule has 6 atom stereocenters. The molecule has 6 N–H and O–H groups in total. The van der Waals surface area contributed by atoms with Gasteiger partial charge in [0.1, 0.15) is 30.9 Å². The van der Waals surface area contributed by atoms with Crippen LogP contribution in [-0.4, -0.2) is 63.6 Å². The van der Waals surface area contributed by atoms with Crippen LogP contribution in [0, 0.1) is 23.2 Å². The fourth-order valence-electron chi connectivity index (χ4n) is 3.10. The minimum absolute atomic E-state index is 0.233. The highest BCUT2D eigenvalue weighted by Crippen LogP contribution is 2.36. The van der Waals surface area contributed by atoms with Gasteiger partial charge in [0, 0.05) is 12.3 Å². The molecule has 2 unspecified atom stereocenters. The van der Waals surface area contributed by atoms with Crippen molar-refractivity contribution in [2.45, 2.75) is 63.8 Å². The Hall–Kier alpha value is -3.05. The van der Waals surface area contributed by atoms with Gasteiger partial charge in [-0.2, -0.15) is 5.26 Å². The molecular weight excluding hydrogens is 438 g/mol. The van der Waals surface area contributed by atoms with Crippen molar-refractivity contribution in [3.8, 4) is 6.07 Å². The molecule has 33 heavy (non-hydrogen) atoms. The topological polar surface area (TPSA) is 213 Å². The van der Waals surface area contributed by atoms with Gasteiger partial charge in [0.15, 0.2) is 12.2 Å². The Labute approximate surface area is 189 Å². The lowest BCUT2D eigenvalue weighted by Gasteiger charge is -2.27. The number of H-pyrrole nitrogens is 1. The maximum atomic E-state index is 12.5. The second-order valence-corrected chi connectivity index (χ2v) is 8.46. The van der Waals surface area contributed by atoms with Gasteiger partial charge in [0.2, 0.25) is 0 Å². The van der Waals surface area contributed by atoms with E-state index in [4.69, 9.17) is 25.7 Å². The maximum Gasteiger partial charge on any atom is 0.331 e. The van der Waals surface area contributed by atoms with Gasteiger partial charge in [-0.25, -0.2) is 4.79 Å². The number of nitrogens with zero attached hydrogens (tertiary/aromatic N) is 2. The average molecular weight is 467 g/mol. The van der Waals surface area contributed by atoms with Crippen molar-refractivity contribution in [1.82, 2.24) is 9.55 Å². The zero-order chi connectivity index (χ0) is 25.1. The van der Waals surface area contributed by atoms with Crippen LogP contribution < -0.4 is 22.7 Å².